The van der Waals surface area contributed by atoms with Crippen LogP contribution in [0.2, 0.25) is 5.02 Å². The van der Waals surface area contributed by atoms with Gasteiger partial charge in [0.1, 0.15) is 11.8 Å². The number of halogens is 1. The van der Waals surface area contributed by atoms with Gasteiger partial charge in [-0.25, -0.2) is 4.79 Å². The summed E-state index contributed by atoms with van der Waals surface area (Å²) in [5.74, 6) is 1.09. The van der Waals surface area contributed by atoms with Gasteiger partial charge in [-0.05, 0) is 36.8 Å². The molecule has 0 radical (unpaired) electrons. The molecule has 0 saturated heterocycles. The van der Waals surface area contributed by atoms with Gasteiger partial charge < -0.3 is 19.8 Å². The maximum Gasteiger partial charge on any atom is 0.320 e. The number of aromatic nitrogens is 2. The van der Waals surface area contributed by atoms with Crippen molar-refractivity contribution in [3.8, 4) is 17.2 Å². The molecule has 2 N–H and O–H groups in total. The van der Waals surface area contributed by atoms with Crippen molar-refractivity contribution >= 4 is 23.3 Å². The Kier molecular flexibility index (Phi) is 6.67. The van der Waals surface area contributed by atoms with Crippen molar-refractivity contribution in [2.24, 2.45) is 0 Å². The maximum atomic E-state index is 12.9. The Morgan fingerprint density at radius 1 is 1.00 bits per heavy atom. The number of ether oxygens (including phenoxy) is 1. The summed E-state index contributed by atoms with van der Waals surface area (Å²) in [5.41, 5.74) is 1.96. The second-order valence-electron chi connectivity index (χ2n) is 6.80. The number of hydrogen-bond acceptors (Lipinski definition) is 5. The zero-order valence-electron chi connectivity index (χ0n) is 17.3. The largest absolute Gasteiger partial charge is 0.492 e. The van der Waals surface area contributed by atoms with Crippen LogP contribution in [0.15, 0.2) is 83.3 Å². The van der Waals surface area contributed by atoms with Crippen LogP contribution >= 0.6 is 11.6 Å². The molecule has 0 spiro atoms. The van der Waals surface area contributed by atoms with Gasteiger partial charge in [-0.3, -0.25) is 0 Å². The van der Waals surface area contributed by atoms with Crippen LogP contribution in [0.1, 0.15) is 24.4 Å². The lowest BCUT2D eigenvalue weighted by Gasteiger charge is -2.17. The van der Waals surface area contributed by atoms with Gasteiger partial charge in [0.25, 0.3) is 0 Å². The monoisotopic (exact) mass is 448 g/mol. The number of benzene rings is 3. The van der Waals surface area contributed by atoms with Gasteiger partial charge in [0.05, 0.1) is 22.9 Å². The lowest BCUT2D eigenvalue weighted by molar-refractivity contribution is 0.248. The molecule has 3 aromatic carbocycles. The number of urea groups is 1. The molecule has 0 aliphatic rings. The molecule has 0 bridgehead atoms. The van der Waals surface area contributed by atoms with Crippen molar-refractivity contribution in [1.29, 1.82) is 0 Å². The van der Waals surface area contributed by atoms with Crippen LogP contribution in [0.3, 0.4) is 0 Å². The van der Waals surface area contributed by atoms with Crippen LogP contribution in [-0.2, 0) is 0 Å². The smallest absolute Gasteiger partial charge is 0.320 e. The minimum atomic E-state index is -0.667. The Labute approximate surface area is 190 Å². The molecule has 2 amide bonds. The number of carbonyl (C=O) groups excluding carboxylic acids is 1. The van der Waals surface area contributed by atoms with E-state index in [0.717, 1.165) is 5.56 Å². The zero-order valence-corrected chi connectivity index (χ0v) is 18.0. The number of amides is 2. The average Bonchev–Trinajstić information content (AvgIpc) is 3.29. The highest BCUT2D eigenvalue weighted by Crippen LogP contribution is 2.30. The van der Waals surface area contributed by atoms with Gasteiger partial charge in [0.2, 0.25) is 11.8 Å². The predicted octanol–water partition coefficient (Wildman–Crippen LogP) is 5.70. The van der Waals surface area contributed by atoms with E-state index in [1.54, 1.807) is 24.3 Å². The van der Waals surface area contributed by atoms with Crippen LogP contribution in [0.5, 0.6) is 5.75 Å². The number of rotatable bonds is 7. The fraction of sp³-hybridized carbons (Fsp3) is 0.125. The highest BCUT2D eigenvalue weighted by atomic mass is 35.5. The first-order valence-electron chi connectivity index (χ1n) is 10.1. The third kappa shape index (κ3) is 4.90. The third-order valence-corrected chi connectivity index (χ3v) is 4.96. The molecule has 7 nitrogen and oxygen atoms in total. The molecular formula is C24H21ClN4O3. The van der Waals surface area contributed by atoms with E-state index >= 15 is 0 Å². The van der Waals surface area contributed by atoms with Crippen molar-refractivity contribution in [2.45, 2.75) is 13.0 Å². The first-order valence-corrected chi connectivity index (χ1v) is 10.5. The summed E-state index contributed by atoms with van der Waals surface area (Å²) in [6.07, 6.45) is 0. The Morgan fingerprint density at radius 2 is 1.72 bits per heavy atom. The molecule has 32 heavy (non-hydrogen) atoms. The Balaban J connectivity index is 1.60. The lowest BCUT2D eigenvalue weighted by atomic mass is 10.1. The lowest BCUT2D eigenvalue weighted by Crippen LogP contribution is -2.33. The summed E-state index contributed by atoms with van der Waals surface area (Å²) in [6.45, 7) is 2.37. The number of carbonyl (C=O) groups is 1. The highest BCUT2D eigenvalue weighted by molar-refractivity contribution is 6.33. The molecule has 0 unspecified atom stereocenters. The van der Waals surface area contributed by atoms with Crippen LogP contribution in [0.25, 0.3) is 11.5 Å². The van der Waals surface area contributed by atoms with Crippen LogP contribution < -0.4 is 15.4 Å². The average molecular weight is 449 g/mol. The molecule has 0 saturated carbocycles. The van der Waals surface area contributed by atoms with E-state index in [1.165, 1.54) is 0 Å². The van der Waals surface area contributed by atoms with Gasteiger partial charge in [-0.2, -0.15) is 0 Å². The summed E-state index contributed by atoms with van der Waals surface area (Å²) in [7, 11) is 0. The molecule has 0 aliphatic heterocycles. The van der Waals surface area contributed by atoms with E-state index in [2.05, 4.69) is 20.8 Å². The second-order valence-corrected chi connectivity index (χ2v) is 7.20. The third-order valence-electron chi connectivity index (χ3n) is 4.64. The van der Waals surface area contributed by atoms with Crippen molar-refractivity contribution in [1.82, 2.24) is 15.5 Å². The number of para-hydroxylation sites is 2. The van der Waals surface area contributed by atoms with E-state index in [4.69, 9.17) is 20.8 Å². The number of nitrogens with zero attached hydrogens (tertiary/aromatic N) is 2. The Morgan fingerprint density at radius 3 is 2.50 bits per heavy atom. The first-order chi connectivity index (χ1) is 15.7. The van der Waals surface area contributed by atoms with Crippen LogP contribution in [0, 0.1) is 0 Å². The van der Waals surface area contributed by atoms with Crippen molar-refractivity contribution in [3.63, 3.8) is 0 Å². The summed E-state index contributed by atoms with van der Waals surface area (Å²) >= 11 is 6.26. The van der Waals surface area contributed by atoms with E-state index < -0.39 is 12.1 Å². The number of hydrogen-bond donors (Lipinski definition) is 2. The summed E-state index contributed by atoms with van der Waals surface area (Å²) < 4.78 is 11.5. The van der Waals surface area contributed by atoms with Gasteiger partial charge in [-0.15, -0.1) is 10.2 Å². The normalized spacial score (nSPS) is 11.6. The summed E-state index contributed by atoms with van der Waals surface area (Å²) in [6, 6.07) is 22.7. The van der Waals surface area contributed by atoms with Crippen LogP contribution in [0.4, 0.5) is 10.5 Å². The van der Waals surface area contributed by atoms with Crippen molar-refractivity contribution < 1.29 is 13.9 Å². The van der Waals surface area contributed by atoms with Crippen LogP contribution in [-0.4, -0.2) is 22.8 Å². The number of nitrogens with one attached hydrogen (secondary N) is 2. The summed E-state index contributed by atoms with van der Waals surface area (Å²) in [5, 5.41) is 14.5. The SMILES string of the molecule is CCOc1ccccc1NC(=O)N[C@@H](c1ccccc1)c1nnc(-c2ccccc2Cl)o1. The van der Waals surface area contributed by atoms with E-state index in [-0.39, 0.29) is 11.8 Å². The Hall–Kier alpha value is -3.84. The molecule has 1 heterocycles. The molecule has 1 aromatic heterocycles. The molecule has 0 aliphatic carbocycles. The highest BCUT2D eigenvalue weighted by Gasteiger charge is 2.24. The standard InChI is InChI=1S/C24H21ClN4O3/c1-2-31-20-15-9-8-14-19(20)26-24(30)27-21(16-10-4-3-5-11-16)23-29-28-22(32-23)17-12-6-7-13-18(17)25/h3-15,21H,2H2,1H3,(H2,26,27,30)/t21-/m0/s1. The van der Waals surface area contributed by atoms with Crippen molar-refractivity contribution in [2.75, 3.05) is 11.9 Å². The minimum absolute atomic E-state index is 0.236. The molecule has 4 rings (SSSR count). The molecule has 8 heteroatoms. The van der Waals surface area contributed by atoms with E-state index in [9.17, 15) is 4.79 Å². The zero-order chi connectivity index (χ0) is 22.3. The van der Waals surface area contributed by atoms with E-state index in [1.807, 2.05) is 61.5 Å². The first kappa shape index (κ1) is 21.4. The predicted molar refractivity (Wildman–Crippen MR) is 123 cm³/mol. The minimum Gasteiger partial charge on any atom is -0.492 e. The van der Waals surface area contributed by atoms with E-state index in [0.29, 0.717) is 28.6 Å². The molecular weight excluding hydrogens is 428 g/mol. The van der Waals surface area contributed by atoms with Gasteiger partial charge in [0.15, 0.2) is 0 Å². The molecule has 0 fully saturated rings. The van der Waals surface area contributed by atoms with Crippen molar-refractivity contribution in [3.05, 3.63) is 95.3 Å². The molecule has 4 aromatic rings. The van der Waals surface area contributed by atoms with Gasteiger partial charge in [0, 0.05) is 0 Å². The van der Waals surface area contributed by atoms with Gasteiger partial charge >= 0.3 is 6.03 Å². The fourth-order valence-corrected chi connectivity index (χ4v) is 3.39. The fourth-order valence-electron chi connectivity index (χ4n) is 3.17. The Bertz CT molecular complexity index is 1200. The topological polar surface area (TPSA) is 89.3 Å². The molecule has 1 atom stereocenters. The summed E-state index contributed by atoms with van der Waals surface area (Å²) in [4.78, 5) is 12.9. The maximum absolute atomic E-state index is 12.9. The molecule has 162 valence electrons. The van der Waals surface area contributed by atoms with Gasteiger partial charge in [-0.1, -0.05) is 66.2 Å². The number of anilines is 1. The quantitative estimate of drug-likeness (QED) is 0.378. The second kappa shape index (κ2) is 9.98.